The normalized spacial score (nSPS) is 17.5. The van der Waals surface area contributed by atoms with Crippen LogP contribution in [0.15, 0.2) is 48.5 Å². The summed E-state index contributed by atoms with van der Waals surface area (Å²) in [6.07, 6.45) is 0.122. The zero-order valence-electron chi connectivity index (χ0n) is 13.0. The lowest BCUT2D eigenvalue weighted by Gasteiger charge is -2.17. The lowest BCUT2D eigenvalue weighted by atomic mass is 9.96. The van der Waals surface area contributed by atoms with Gasteiger partial charge in [-0.25, -0.2) is 0 Å². The van der Waals surface area contributed by atoms with Gasteiger partial charge in [0.05, 0.1) is 25.8 Å². The molecule has 5 nitrogen and oxygen atoms in total. The molecule has 2 aromatic rings. The number of amides is 2. The number of nitrogens with zero attached hydrogens (tertiary/aromatic N) is 1. The van der Waals surface area contributed by atoms with Crippen molar-refractivity contribution in [1.29, 1.82) is 0 Å². The number of anilines is 1. The number of rotatable bonds is 4. The van der Waals surface area contributed by atoms with Crippen LogP contribution in [-0.4, -0.2) is 26.0 Å². The maximum Gasteiger partial charge on any atom is 0.241 e. The molecule has 2 aromatic carbocycles. The van der Waals surface area contributed by atoms with Crippen molar-refractivity contribution in [1.82, 2.24) is 0 Å². The smallest absolute Gasteiger partial charge is 0.241 e. The first-order valence-corrected chi connectivity index (χ1v) is 7.29. The molecular formula is C18H17NO4. The molecule has 0 spiro atoms. The van der Waals surface area contributed by atoms with Gasteiger partial charge in [-0.05, 0) is 30.3 Å². The molecule has 23 heavy (non-hydrogen) atoms. The quantitative estimate of drug-likeness (QED) is 0.815. The van der Waals surface area contributed by atoms with Crippen molar-refractivity contribution >= 4 is 17.5 Å². The summed E-state index contributed by atoms with van der Waals surface area (Å²) in [5.41, 5.74) is 1.26. The fourth-order valence-corrected chi connectivity index (χ4v) is 2.83. The molecule has 118 valence electrons. The highest BCUT2D eigenvalue weighted by atomic mass is 16.5. The Morgan fingerprint density at radius 3 is 2.39 bits per heavy atom. The summed E-state index contributed by atoms with van der Waals surface area (Å²) < 4.78 is 10.6. The number of methoxy groups -OCH3 is 2. The monoisotopic (exact) mass is 311 g/mol. The molecule has 1 unspecified atom stereocenters. The summed E-state index contributed by atoms with van der Waals surface area (Å²) in [6.45, 7) is 0. The Labute approximate surface area is 134 Å². The third-order valence-corrected chi connectivity index (χ3v) is 3.97. The Morgan fingerprint density at radius 2 is 1.74 bits per heavy atom. The van der Waals surface area contributed by atoms with Crippen LogP contribution in [0, 0.1) is 0 Å². The van der Waals surface area contributed by atoms with Crippen molar-refractivity contribution in [2.45, 2.75) is 12.3 Å². The molecule has 0 radical (unpaired) electrons. The second kappa shape index (κ2) is 6.12. The number of benzene rings is 2. The first kappa shape index (κ1) is 15.1. The van der Waals surface area contributed by atoms with Crippen LogP contribution < -0.4 is 14.4 Å². The molecule has 5 heteroatoms. The Morgan fingerprint density at radius 1 is 1.00 bits per heavy atom. The second-order valence-corrected chi connectivity index (χ2v) is 5.27. The molecule has 3 rings (SSSR count). The van der Waals surface area contributed by atoms with E-state index in [1.54, 1.807) is 56.7 Å². The molecule has 1 aliphatic heterocycles. The maximum atomic E-state index is 12.8. The fourth-order valence-electron chi connectivity index (χ4n) is 2.83. The molecule has 2 amide bonds. The molecule has 1 saturated heterocycles. The summed E-state index contributed by atoms with van der Waals surface area (Å²) >= 11 is 0. The van der Waals surface area contributed by atoms with Gasteiger partial charge in [-0.1, -0.05) is 18.2 Å². The molecular weight excluding hydrogens is 294 g/mol. The van der Waals surface area contributed by atoms with E-state index in [1.807, 2.05) is 6.07 Å². The highest BCUT2D eigenvalue weighted by Crippen LogP contribution is 2.38. The van der Waals surface area contributed by atoms with Crippen molar-refractivity contribution in [2.75, 3.05) is 19.1 Å². The van der Waals surface area contributed by atoms with E-state index < -0.39 is 5.92 Å². The minimum atomic E-state index is -0.562. The number of hydrogen-bond acceptors (Lipinski definition) is 4. The zero-order valence-corrected chi connectivity index (χ0v) is 13.0. The third-order valence-electron chi connectivity index (χ3n) is 3.97. The molecule has 1 heterocycles. The zero-order chi connectivity index (χ0) is 16.4. The van der Waals surface area contributed by atoms with Gasteiger partial charge in [-0.2, -0.15) is 0 Å². The lowest BCUT2D eigenvalue weighted by molar-refractivity contribution is -0.121. The molecule has 0 aromatic heterocycles. The molecule has 0 N–H and O–H groups in total. The van der Waals surface area contributed by atoms with Crippen LogP contribution >= 0.6 is 0 Å². The van der Waals surface area contributed by atoms with E-state index in [-0.39, 0.29) is 18.2 Å². The number of para-hydroxylation sites is 1. The van der Waals surface area contributed by atoms with E-state index in [0.717, 1.165) is 0 Å². The van der Waals surface area contributed by atoms with Crippen molar-refractivity contribution in [3.63, 3.8) is 0 Å². The number of imide groups is 1. The van der Waals surface area contributed by atoms with Gasteiger partial charge < -0.3 is 9.47 Å². The van der Waals surface area contributed by atoms with Crippen LogP contribution in [0.2, 0.25) is 0 Å². The summed E-state index contributed by atoms with van der Waals surface area (Å²) in [4.78, 5) is 26.4. The number of carbonyl (C=O) groups is 2. The van der Waals surface area contributed by atoms with Gasteiger partial charge in [0.15, 0.2) is 0 Å². The van der Waals surface area contributed by atoms with Crippen LogP contribution in [0.3, 0.4) is 0 Å². The summed E-state index contributed by atoms with van der Waals surface area (Å²) in [7, 11) is 3.10. The highest BCUT2D eigenvalue weighted by molar-refractivity contribution is 6.22. The van der Waals surface area contributed by atoms with Gasteiger partial charge in [-0.3, -0.25) is 14.5 Å². The van der Waals surface area contributed by atoms with Crippen LogP contribution in [-0.2, 0) is 9.59 Å². The molecule has 1 fully saturated rings. The summed E-state index contributed by atoms with van der Waals surface area (Å²) in [6, 6.07) is 14.2. The van der Waals surface area contributed by atoms with E-state index in [2.05, 4.69) is 0 Å². The van der Waals surface area contributed by atoms with E-state index in [9.17, 15) is 9.59 Å². The number of ether oxygens (including phenoxy) is 2. The van der Waals surface area contributed by atoms with Crippen LogP contribution in [0.1, 0.15) is 17.9 Å². The van der Waals surface area contributed by atoms with E-state index in [1.165, 1.54) is 4.90 Å². The highest BCUT2D eigenvalue weighted by Gasteiger charge is 2.41. The summed E-state index contributed by atoms with van der Waals surface area (Å²) in [5, 5.41) is 0. The average Bonchev–Trinajstić information content (AvgIpc) is 2.89. The number of carbonyl (C=O) groups excluding carboxylic acids is 2. The Hall–Kier alpha value is -2.82. The standard InChI is InChI=1S/C18H17NO4/c1-22-13-8-9-16(23-2)14(10-13)15-11-17(20)19(18(15)21)12-6-4-3-5-7-12/h3-10,15H,11H2,1-2H3. The van der Waals surface area contributed by atoms with E-state index >= 15 is 0 Å². The van der Waals surface area contributed by atoms with Gasteiger partial charge in [-0.15, -0.1) is 0 Å². The largest absolute Gasteiger partial charge is 0.497 e. The van der Waals surface area contributed by atoms with Crippen molar-refractivity contribution in [3.05, 3.63) is 54.1 Å². The van der Waals surface area contributed by atoms with Crippen LogP contribution in [0.5, 0.6) is 11.5 Å². The van der Waals surface area contributed by atoms with Crippen LogP contribution in [0.4, 0.5) is 5.69 Å². The molecule has 0 aliphatic carbocycles. The van der Waals surface area contributed by atoms with Gasteiger partial charge in [0.1, 0.15) is 11.5 Å². The van der Waals surface area contributed by atoms with Gasteiger partial charge in [0.2, 0.25) is 11.8 Å². The predicted octanol–water partition coefficient (Wildman–Crippen LogP) is 2.75. The average molecular weight is 311 g/mol. The number of hydrogen-bond donors (Lipinski definition) is 0. The van der Waals surface area contributed by atoms with Gasteiger partial charge in [0, 0.05) is 12.0 Å². The summed E-state index contributed by atoms with van der Waals surface area (Å²) in [5.74, 6) is 0.183. The predicted molar refractivity (Wildman–Crippen MR) is 85.8 cm³/mol. The van der Waals surface area contributed by atoms with Gasteiger partial charge >= 0.3 is 0 Å². The first-order chi connectivity index (χ1) is 11.2. The third kappa shape index (κ3) is 2.65. The molecule has 1 atom stereocenters. The SMILES string of the molecule is COc1ccc(OC)c(C2CC(=O)N(c3ccccc3)C2=O)c1. The molecule has 1 aliphatic rings. The Balaban J connectivity index is 2.00. The van der Waals surface area contributed by atoms with Crippen molar-refractivity contribution in [3.8, 4) is 11.5 Å². The minimum Gasteiger partial charge on any atom is -0.497 e. The minimum absolute atomic E-state index is 0.122. The van der Waals surface area contributed by atoms with E-state index in [4.69, 9.17) is 9.47 Å². The molecule has 0 bridgehead atoms. The maximum absolute atomic E-state index is 12.8. The van der Waals surface area contributed by atoms with Crippen molar-refractivity contribution in [2.24, 2.45) is 0 Å². The van der Waals surface area contributed by atoms with Gasteiger partial charge in [0.25, 0.3) is 0 Å². The Kier molecular flexibility index (Phi) is 4.02. The lowest BCUT2D eigenvalue weighted by Crippen LogP contribution is -2.30. The topological polar surface area (TPSA) is 55.8 Å². The second-order valence-electron chi connectivity index (χ2n) is 5.27. The fraction of sp³-hybridized carbons (Fsp3) is 0.222. The Bertz CT molecular complexity index is 742. The van der Waals surface area contributed by atoms with Crippen molar-refractivity contribution < 1.29 is 19.1 Å². The van der Waals surface area contributed by atoms with Crippen LogP contribution in [0.25, 0.3) is 0 Å². The first-order valence-electron chi connectivity index (χ1n) is 7.29. The molecule has 0 saturated carbocycles. The van der Waals surface area contributed by atoms with E-state index in [0.29, 0.717) is 22.7 Å².